The van der Waals surface area contributed by atoms with Gasteiger partial charge in [0.05, 0.1) is 11.1 Å². The number of carboxylic acids is 2. The molecule has 0 unspecified atom stereocenters. The van der Waals surface area contributed by atoms with Gasteiger partial charge < -0.3 is 24.8 Å². The summed E-state index contributed by atoms with van der Waals surface area (Å²) in [5.74, 6) is -1.49. The maximum Gasteiger partial charge on any atom is 0.335 e. The Morgan fingerprint density at radius 1 is 0.833 bits per heavy atom. The second-order valence-electron chi connectivity index (χ2n) is 4.94. The van der Waals surface area contributed by atoms with Crippen molar-refractivity contribution in [3.8, 4) is 11.5 Å². The van der Waals surface area contributed by atoms with E-state index in [1.165, 1.54) is 24.3 Å². The van der Waals surface area contributed by atoms with Crippen molar-refractivity contribution in [3.05, 3.63) is 59.7 Å². The number of carboxylic acid groups (broad SMARTS) is 2. The maximum atomic E-state index is 10.9. The second-order valence-corrected chi connectivity index (χ2v) is 4.94. The van der Waals surface area contributed by atoms with E-state index in [0.717, 1.165) is 0 Å². The first kappa shape index (κ1) is 17.3. The summed E-state index contributed by atoms with van der Waals surface area (Å²) in [6.45, 7) is -0.191. The lowest BCUT2D eigenvalue weighted by atomic mass is 10.2. The molecular weight excluding hydrogens is 316 g/mol. The lowest BCUT2D eigenvalue weighted by molar-refractivity contribution is 0.0621. The van der Waals surface area contributed by atoms with Gasteiger partial charge in [0, 0.05) is 0 Å². The van der Waals surface area contributed by atoms with E-state index in [0.29, 0.717) is 11.5 Å². The quantitative estimate of drug-likeness (QED) is 0.676. The summed E-state index contributed by atoms with van der Waals surface area (Å²) in [5.41, 5.74) is 0.174. The van der Waals surface area contributed by atoms with Crippen molar-refractivity contribution in [2.75, 3.05) is 13.2 Å². The average Bonchev–Trinajstić information content (AvgIpc) is 2.58. The lowest BCUT2D eigenvalue weighted by Crippen LogP contribution is -2.25. The smallest absolute Gasteiger partial charge is 0.335 e. The minimum absolute atomic E-state index is 0.0868. The molecule has 0 heterocycles. The third-order valence-electron chi connectivity index (χ3n) is 3.05. The summed E-state index contributed by atoms with van der Waals surface area (Å²) < 4.78 is 10.6. The van der Waals surface area contributed by atoms with Gasteiger partial charge >= 0.3 is 11.9 Å². The zero-order chi connectivity index (χ0) is 17.5. The fourth-order valence-electron chi connectivity index (χ4n) is 1.87. The van der Waals surface area contributed by atoms with Crippen molar-refractivity contribution in [1.82, 2.24) is 0 Å². The van der Waals surface area contributed by atoms with Gasteiger partial charge in [0.2, 0.25) is 0 Å². The fourth-order valence-corrected chi connectivity index (χ4v) is 1.87. The highest BCUT2D eigenvalue weighted by Gasteiger charge is 2.10. The van der Waals surface area contributed by atoms with E-state index in [-0.39, 0.29) is 24.3 Å². The first-order chi connectivity index (χ1) is 11.5. The normalized spacial score (nSPS) is 10.4. The molecule has 0 aliphatic heterocycles. The Labute approximate surface area is 137 Å². The van der Waals surface area contributed by atoms with Gasteiger partial charge in [0.25, 0.3) is 0 Å². The van der Waals surface area contributed by atoms with Crippen LogP contribution in [0.15, 0.2) is 48.5 Å². The Morgan fingerprint density at radius 2 is 1.25 bits per heavy atom. The second kappa shape index (κ2) is 7.98. The van der Waals surface area contributed by atoms with Gasteiger partial charge in [-0.05, 0) is 36.4 Å². The molecule has 0 saturated heterocycles. The number of aliphatic hydroxyl groups is 1. The molecule has 0 fully saturated rings. The van der Waals surface area contributed by atoms with Crippen LogP contribution in [-0.2, 0) is 0 Å². The van der Waals surface area contributed by atoms with Crippen molar-refractivity contribution in [2.45, 2.75) is 6.10 Å². The Hall–Kier alpha value is -3.06. The molecule has 2 aromatic carbocycles. The molecule has 24 heavy (non-hydrogen) atoms. The Kier molecular flexibility index (Phi) is 5.75. The van der Waals surface area contributed by atoms with Crippen LogP contribution in [0.1, 0.15) is 20.7 Å². The van der Waals surface area contributed by atoms with Crippen LogP contribution in [0.25, 0.3) is 0 Å². The molecule has 7 nitrogen and oxygen atoms in total. The van der Waals surface area contributed by atoms with Crippen molar-refractivity contribution >= 4 is 11.9 Å². The van der Waals surface area contributed by atoms with Crippen LogP contribution in [0.3, 0.4) is 0 Å². The summed E-state index contributed by atoms with van der Waals surface area (Å²) >= 11 is 0. The Balaban J connectivity index is 1.84. The van der Waals surface area contributed by atoms with Crippen LogP contribution >= 0.6 is 0 Å². The molecule has 126 valence electrons. The number of ether oxygens (including phenoxy) is 2. The van der Waals surface area contributed by atoms with Gasteiger partial charge in [-0.3, -0.25) is 0 Å². The molecule has 0 aromatic heterocycles. The number of aliphatic hydroxyl groups excluding tert-OH is 1. The Morgan fingerprint density at radius 3 is 1.62 bits per heavy atom. The van der Waals surface area contributed by atoms with Crippen molar-refractivity contribution in [3.63, 3.8) is 0 Å². The maximum absolute atomic E-state index is 10.9. The first-order valence-corrected chi connectivity index (χ1v) is 7.06. The molecular formula is C17H16O7. The molecule has 0 saturated carbocycles. The molecule has 0 bridgehead atoms. The lowest BCUT2D eigenvalue weighted by Gasteiger charge is -2.14. The predicted molar refractivity (Wildman–Crippen MR) is 83.8 cm³/mol. The summed E-state index contributed by atoms with van der Waals surface area (Å²) in [5, 5.41) is 27.6. The molecule has 3 N–H and O–H groups in total. The SMILES string of the molecule is O=C(O)c1cccc(OCC(O)COc2cccc(C(=O)O)c2)c1. The van der Waals surface area contributed by atoms with Crippen LogP contribution in [0.4, 0.5) is 0 Å². The molecule has 0 spiro atoms. The molecule has 2 rings (SSSR count). The highest BCUT2D eigenvalue weighted by Crippen LogP contribution is 2.15. The van der Waals surface area contributed by atoms with E-state index in [1.807, 2.05) is 0 Å². The number of hydrogen-bond donors (Lipinski definition) is 3. The van der Waals surface area contributed by atoms with Gasteiger partial charge in [-0.1, -0.05) is 12.1 Å². The summed E-state index contributed by atoms with van der Waals surface area (Å²) in [6.07, 6.45) is -0.966. The molecule has 2 aromatic rings. The van der Waals surface area contributed by atoms with E-state index >= 15 is 0 Å². The van der Waals surface area contributed by atoms with E-state index in [1.54, 1.807) is 24.3 Å². The number of carbonyl (C=O) groups is 2. The van der Waals surface area contributed by atoms with Crippen LogP contribution in [0.5, 0.6) is 11.5 Å². The summed E-state index contributed by atoms with van der Waals surface area (Å²) in [4.78, 5) is 21.7. The molecule has 0 amide bonds. The highest BCUT2D eigenvalue weighted by atomic mass is 16.5. The third kappa shape index (κ3) is 4.99. The van der Waals surface area contributed by atoms with Crippen LogP contribution in [0, 0.1) is 0 Å². The highest BCUT2D eigenvalue weighted by molar-refractivity contribution is 5.88. The largest absolute Gasteiger partial charge is 0.491 e. The van der Waals surface area contributed by atoms with Gasteiger partial charge in [0.15, 0.2) is 0 Å². The first-order valence-electron chi connectivity index (χ1n) is 7.06. The van der Waals surface area contributed by atoms with E-state index in [2.05, 4.69) is 0 Å². The van der Waals surface area contributed by atoms with Crippen molar-refractivity contribution < 1.29 is 34.4 Å². The topological polar surface area (TPSA) is 113 Å². The minimum Gasteiger partial charge on any atom is -0.491 e. The average molecular weight is 332 g/mol. The standard InChI is InChI=1S/C17H16O7/c18-13(9-23-14-5-1-3-11(7-14)16(19)20)10-24-15-6-2-4-12(8-15)17(21)22/h1-8,13,18H,9-10H2,(H,19,20)(H,21,22). The number of benzene rings is 2. The van der Waals surface area contributed by atoms with Gasteiger partial charge in [-0.25, -0.2) is 9.59 Å². The zero-order valence-electron chi connectivity index (χ0n) is 12.6. The van der Waals surface area contributed by atoms with Crippen LogP contribution in [0.2, 0.25) is 0 Å². The summed E-state index contributed by atoms with van der Waals surface area (Å²) in [7, 11) is 0. The van der Waals surface area contributed by atoms with Crippen LogP contribution in [-0.4, -0.2) is 46.6 Å². The summed E-state index contributed by atoms with van der Waals surface area (Å²) in [6, 6.07) is 11.8. The molecule has 0 radical (unpaired) electrons. The van der Waals surface area contributed by atoms with E-state index in [4.69, 9.17) is 19.7 Å². The minimum atomic E-state index is -1.07. The monoisotopic (exact) mass is 332 g/mol. The van der Waals surface area contributed by atoms with Gasteiger partial charge in [-0.15, -0.1) is 0 Å². The predicted octanol–water partition coefficient (Wildman–Crippen LogP) is 1.90. The molecule has 0 atom stereocenters. The van der Waals surface area contributed by atoms with Crippen molar-refractivity contribution in [1.29, 1.82) is 0 Å². The van der Waals surface area contributed by atoms with Crippen molar-refractivity contribution in [2.24, 2.45) is 0 Å². The number of rotatable bonds is 8. The third-order valence-corrected chi connectivity index (χ3v) is 3.05. The number of aromatic carboxylic acids is 2. The zero-order valence-corrected chi connectivity index (χ0v) is 12.6. The molecule has 0 aliphatic rings. The molecule has 0 aliphatic carbocycles. The van der Waals surface area contributed by atoms with Gasteiger partial charge in [0.1, 0.15) is 30.8 Å². The Bertz CT molecular complexity index is 665. The molecule has 7 heteroatoms. The van der Waals surface area contributed by atoms with E-state index in [9.17, 15) is 14.7 Å². The van der Waals surface area contributed by atoms with E-state index < -0.39 is 18.0 Å². The van der Waals surface area contributed by atoms with Gasteiger partial charge in [-0.2, -0.15) is 0 Å². The van der Waals surface area contributed by atoms with Crippen LogP contribution < -0.4 is 9.47 Å². The number of hydrogen-bond acceptors (Lipinski definition) is 5. The fraction of sp³-hybridized carbons (Fsp3) is 0.176.